The third-order valence-electron chi connectivity index (χ3n) is 3.76. The Balaban J connectivity index is 2.31. The zero-order chi connectivity index (χ0) is 12.8. The molecule has 1 aliphatic carbocycles. The largest absolute Gasteiger partial charge is 0.390 e. The second-order valence-corrected chi connectivity index (χ2v) is 7.12. The van der Waals surface area contributed by atoms with E-state index in [1.807, 2.05) is 0 Å². The van der Waals surface area contributed by atoms with Gasteiger partial charge in [0, 0.05) is 4.83 Å². The van der Waals surface area contributed by atoms with E-state index < -0.39 is 12.2 Å². The van der Waals surface area contributed by atoms with Gasteiger partial charge < -0.3 is 10.2 Å². The number of aliphatic hydroxyl groups excluding tert-OH is 2. The maximum absolute atomic E-state index is 10.1. The van der Waals surface area contributed by atoms with Gasteiger partial charge in [0.05, 0.1) is 12.2 Å². The fraction of sp³-hybridized carbons (Fsp3) is 1.00. The molecule has 3 atom stereocenters. The minimum atomic E-state index is -0.626. The van der Waals surface area contributed by atoms with Crippen LogP contribution in [0.25, 0.3) is 0 Å². The summed E-state index contributed by atoms with van der Waals surface area (Å²) in [6.45, 7) is 4.14. The molecule has 0 aliphatic heterocycles. The van der Waals surface area contributed by atoms with Crippen molar-refractivity contribution in [3.63, 3.8) is 0 Å². The van der Waals surface area contributed by atoms with Gasteiger partial charge in [-0.3, -0.25) is 0 Å². The zero-order valence-electron chi connectivity index (χ0n) is 11.1. The van der Waals surface area contributed by atoms with Gasteiger partial charge in [0.25, 0.3) is 0 Å². The Morgan fingerprint density at radius 2 is 1.71 bits per heavy atom. The van der Waals surface area contributed by atoms with E-state index in [0.29, 0.717) is 12.3 Å². The Bertz CT molecular complexity index is 202. The van der Waals surface area contributed by atoms with Crippen LogP contribution in [0, 0.1) is 11.8 Å². The number of hydrogen-bond donors (Lipinski definition) is 2. The quantitative estimate of drug-likeness (QED) is 0.738. The molecule has 1 aliphatic rings. The Kier molecular flexibility index (Phi) is 7.05. The highest BCUT2D eigenvalue weighted by Gasteiger charge is 2.27. The molecule has 2 N–H and O–H groups in total. The van der Waals surface area contributed by atoms with Crippen molar-refractivity contribution in [2.45, 2.75) is 75.8 Å². The molecule has 0 radical (unpaired) electrons. The number of halogens is 1. The SMILES string of the molecule is CC(C)C[C@@H](O)[C@H](O)[C@H](Br)CC1CCCCC1. The maximum Gasteiger partial charge on any atom is 0.0923 e. The van der Waals surface area contributed by atoms with Crippen molar-refractivity contribution in [3.8, 4) is 0 Å². The highest BCUT2D eigenvalue weighted by Crippen LogP contribution is 2.31. The van der Waals surface area contributed by atoms with Gasteiger partial charge in [0.2, 0.25) is 0 Å². The molecule has 0 heterocycles. The lowest BCUT2D eigenvalue weighted by atomic mass is 9.84. The fourth-order valence-electron chi connectivity index (χ4n) is 2.74. The van der Waals surface area contributed by atoms with Crippen LogP contribution in [0.1, 0.15) is 58.8 Å². The summed E-state index contributed by atoms with van der Waals surface area (Å²) < 4.78 is 0. The Morgan fingerprint density at radius 3 is 2.24 bits per heavy atom. The first kappa shape index (κ1) is 15.5. The van der Waals surface area contributed by atoms with E-state index in [0.717, 1.165) is 12.3 Å². The maximum atomic E-state index is 10.1. The molecule has 0 aromatic heterocycles. The third-order valence-corrected chi connectivity index (χ3v) is 4.68. The highest BCUT2D eigenvalue weighted by atomic mass is 79.9. The second-order valence-electron chi connectivity index (χ2n) is 5.94. The van der Waals surface area contributed by atoms with Gasteiger partial charge >= 0.3 is 0 Å². The molecule has 0 aromatic carbocycles. The van der Waals surface area contributed by atoms with E-state index in [9.17, 15) is 10.2 Å². The Hall–Kier alpha value is 0.400. The fourth-order valence-corrected chi connectivity index (χ4v) is 3.63. The summed E-state index contributed by atoms with van der Waals surface area (Å²) in [5.41, 5.74) is 0. The van der Waals surface area contributed by atoms with E-state index in [4.69, 9.17) is 0 Å². The normalized spacial score (nSPS) is 23.6. The molecule has 0 bridgehead atoms. The van der Waals surface area contributed by atoms with E-state index in [1.54, 1.807) is 0 Å². The first-order valence-corrected chi connectivity index (χ1v) is 7.92. The van der Waals surface area contributed by atoms with Gasteiger partial charge in [0.15, 0.2) is 0 Å². The van der Waals surface area contributed by atoms with Crippen molar-refractivity contribution in [1.29, 1.82) is 0 Å². The summed E-state index contributed by atoms with van der Waals surface area (Å²) in [5, 5.41) is 20.0. The van der Waals surface area contributed by atoms with Gasteiger partial charge in [-0.15, -0.1) is 0 Å². The van der Waals surface area contributed by atoms with Crippen LogP contribution in [-0.2, 0) is 0 Å². The smallest absolute Gasteiger partial charge is 0.0923 e. The van der Waals surface area contributed by atoms with Gasteiger partial charge in [-0.1, -0.05) is 61.9 Å². The topological polar surface area (TPSA) is 40.5 Å². The Morgan fingerprint density at radius 1 is 1.12 bits per heavy atom. The molecule has 102 valence electrons. The monoisotopic (exact) mass is 306 g/mol. The summed E-state index contributed by atoms with van der Waals surface area (Å²) in [4.78, 5) is 0.0411. The lowest BCUT2D eigenvalue weighted by Gasteiger charge is -2.28. The molecule has 0 amide bonds. The van der Waals surface area contributed by atoms with Crippen LogP contribution in [0.2, 0.25) is 0 Å². The molecule has 0 saturated heterocycles. The van der Waals surface area contributed by atoms with E-state index in [-0.39, 0.29) is 4.83 Å². The van der Waals surface area contributed by atoms with Crippen LogP contribution < -0.4 is 0 Å². The van der Waals surface area contributed by atoms with Crippen LogP contribution in [0.4, 0.5) is 0 Å². The summed E-state index contributed by atoms with van der Waals surface area (Å²) in [6.07, 6.45) is 7.04. The van der Waals surface area contributed by atoms with Crippen LogP contribution in [-0.4, -0.2) is 27.2 Å². The number of aliphatic hydroxyl groups is 2. The lowest BCUT2D eigenvalue weighted by molar-refractivity contribution is 0.00405. The molecule has 3 heteroatoms. The van der Waals surface area contributed by atoms with Crippen molar-refractivity contribution in [1.82, 2.24) is 0 Å². The highest BCUT2D eigenvalue weighted by molar-refractivity contribution is 9.09. The third kappa shape index (κ3) is 5.71. The van der Waals surface area contributed by atoms with Crippen molar-refractivity contribution in [3.05, 3.63) is 0 Å². The van der Waals surface area contributed by atoms with Crippen LogP contribution in [0.3, 0.4) is 0 Å². The van der Waals surface area contributed by atoms with Crippen molar-refractivity contribution < 1.29 is 10.2 Å². The molecule has 1 fully saturated rings. The molecule has 17 heavy (non-hydrogen) atoms. The first-order chi connectivity index (χ1) is 8.00. The minimum absolute atomic E-state index is 0.0411. The molecule has 2 nitrogen and oxygen atoms in total. The summed E-state index contributed by atoms with van der Waals surface area (Å²) in [5.74, 6) is 1.16. The summed E-state index contributed by atoms with van der Waals surface area (Å²) >= 11 is 3.56. The van der Waals surface area contributed by atoms with Gasteiger partial charge in [0.1, 0.15) is 0 Å². The second kappa shape index (κ2) is 7.75. The minimum Gasteiger partial charge on any atom is -0.390 e. The molecular formula is C14H27BrO2. The van der Waals surface area contributed by atoms with Gasteiger partial charge in [-0.25, -0.2) is 0 Å². The molecule has 0 spiro atoms. The predicted molar refractivity (Wildman–Crippen MR) is 75.4 cm³/mol. The summed E-state index contributed by atoms with van der Waals surface area (Å²) in [6, 6.07) is 0. The number of hydrogen-bond acceptors (Lipinski definition) is 2. The lowest BCUT2D eigenvalue weighted by Crippen LogP contribution is -2.36. The zero-order valence-corrected chi connectivity index (χ0v) is 12.7. The molecular weight excluding hydrogens is 280 g/mol. The van der Waals surface area contributed by atoms with Gasteiger partial charge in [-0.2, -0.15) is 0 Å². The molecule has 1 saturated carbocycles. The van der Waals surface area contributed by atoms with Crippen molar-refractivity contribution in [2.24, 2.45) is 11.8 Å². The number of rotatable bonds is 6. The van der Waals surface area contributed by atoms with Crippen LogP contribution >= 0.6 is 15.9 Å². The van der Waals surface area contributed by atoms with Crippen molar-refractivity contribution in [2.75, 3.05) is 0 Å². The van der Waals surface area contributed by atoms with Crippen molar-refractivity contribution >= 4 is 15.9 Å². The van der Waals surface area contributed by atoms with Crippen LogP contribution in [0.15, 0.2) is 0 Å². The van der Waals surface area contributed by atoms with E-state index in [1.165, 1.54) is 32.1 Å². The van der Waals surface area contributed by atoms with E-state index in [2.05, 4.69) is 29.8 Å². The molecule has 0 aromatic rings. The number of alkyl halides is 1. The van der Waals surface area contributed by atoms with Crippen LogP contribution in [0.5, 0.6) is 0 Å². The average Bonchev–Trinajstić information content (AvgIpc) is 2.28. The molecule has 1 rings (SSSR count). The van der Waals surface area contributed by atoms with E-state index >= 15 is 0 Å². The molecule has 0 unspecified atom stereocenters. The average molecular weight is 307 g/mol. The Labute approximate surface area is 114 Å². The predicted octanol–water partition coefficient (Wildman–Crippen LogP) is 3.49. The van der Waals surface area contributed by atoms with Gasteiger partial charge in [-0.05, 0) is 24.7 Å². The first-order valence-electron chi connectivity index (χ1n) is 7.01. The standard InChI is InChI=1S/C14H27BrO2/c1-10(2)8-13(16)14(17)12(15)9-11-6-4-3-5-7-11/h10-14,16-17H,3-9H2,1-2H3/t12-,13-,14-/m1/s1. The summed E-state index contributed by atoms with van der Waals surface area (Å²) in [7, 11) is 0.